The molecule has 1 N–H and O–H groups in total. The summed E-state index contributed by atoms with van der Waals surface area (Å²) in [5, 5.41) is 10.7. The van der Waals surface area contributed by atoms with Gasteiger partial charge in [0.1, 0.15) is 0 Å². The van der Waals surface area contributed by atoms with Crippen molar-refractivity contribution in [2.45, 2.75) is 71.0 Å². The Morgan fingerprint density at radius 3 is 2.30 bits per heavy atom. The molecule has 114 valence electrons. The van der Waals surface area contributed by atoms with Crippen molar-refractivity contribution in [3.63, 3.8) is 0 Å². The van der Waals surface area contributed by atoms with E-state index in [9.17, 15) is 5.11 Å². The number of hydrogen-bond donors (Lipinski definition) is 1. The van der Waals surface area contributed by atoms with E-state index in [2.05, 4.69) is 32.9 Å². The van der Waals surface area contributed by atoms with Crippen molar-refractivity contribution in [3.8, 4) is 0 Å². The molecule has 0 spiro atoms. The molecule has 2 rings (SSSR count). The SMILES string of the molecule is CCc1ccc(CC(O)C2(OC)CCC(C)(C)CC2)s1. The van der Waals surface area contributed by atoms with Crippen LogP contribution in [-0.4, -0.2) is 23.9 Å². The second kappa shape index (κ2) is 6.17. The van der Waals surface area contributed by atoms with Crippen molar-refractivity contribution in [2.24, 2.45) is 5.41 Å². The Hall–Kier alpha value is -0.380. The van der Waals surface area contributed by atoms with E-state index < -0.39 is 6.10 Å². The number of methoxy groups -OCH3 is 1. The molecule has 2 nitrogen and oxygen atoms in total. The highest BCUT2D eigenvalue weighted by molar-refractivity contribution is 7.11. The van der Waals surface area contributed by atoms with Crippen molar-refractivity contribution in [1.82, 2.24) is 0 Å². The zero-order valence-electron chi connectivity index (χ0n) is 13.2. The highest BCUT2D eigenvalue weighted by atomic mass is 32.1. The van der Waals surface area contributed by atoms with Crippen molar-refractivity contribution in [3.05, 3.63) is 21.9 Å². The van der Waals surface area contributed by atoms with Crippen LogP contribution in [0.1, 0.15) is 56.2 Å². The lowest BCUT2D eigenvalue weighted by atomic mass is 9.68. The number of ether oxygens (including phenoxy) is 1. The smallest absolute Gasteiger partial charge is 0.0940 e. The van der Waals surface area contributed by atoms with Crippen LogP contribution < -0.4 is 0 Å². The summed E-state index contributed by atoms with van der Waals surface area (Å²) in [4.78, 5) is 2.67. The maximum absolute atomic E-state index is 10.7. The van der Waals surface area contributed by atoms with Crippen LogP contribution in [0.2, 0.25) is 0 Å². The van der Waals surface area contributed by atoms with Crippen molar-refractivity contribution >= 4 is 11.3 Å². The molecule has 0 saturated heterocycles. The van der Waals surface area contributed by atoms with Crippen LogP contribution in [-0.2, 0) is 17.6 Å². The van der Waals surface area contributed by atoms with Crippen LogP contribution in [0.5, 0.6) is 0 Å². The highest BCUT2D eigenvalue weighted by Crippen LogP contribution is 2.44. The molecule has 1 saturated carbocycles. The molecule has 1 heterocycles. The molecule has 0 aliphatic heterocycles. The Morgan fingerprint density at radius 2 is 1.80 bits per heavy atom. The van der Waals surface area contributed by atoms with E-state index in [0.717, 1.165) is 38.5 Å². The van der Waals surface area contributed by atoms with E-state index in [0.29, 0.717) is 5.41 Å². The Balaban J connectivity index is 2.03. The molecular weight excluding hydrogens is 268 g/mol. The third kappa shape index (κ3) is 3.44. The number of aliphatic hydroxyl groups excluding tert-OH is 1. The molecule has 1 atom stereocenters. The van der Waals surface area contributed by atoms with Gasteiger partial charge < -0.3 is 9.84 Å². The first kappa shape index (κ1) is 16.0. The molecular formula is C17H28O2S. The summed E-state index contributed by atoms with van der Waals surface area (Å²) in [5.74, 6) is 0. The van der Waals surface area contributed by atoms with E-state index in [4.69, 9.17) is 4.74 Å². The second-order valence-electron chi connectivity index (χ2n) is 6.87. The average Bonchev–Trinajstić information content (AvgIpc) is 2.87. The van der Waals surface area contributed by atoms with Crippen LogP contribution >= 0.6 is 11.3 Å². The van der Waals surface area contributed by atoms with Crippen molar-refractivity contribution in [1.29, 1.82) is 0 Å². The normalized spacial score (nSPS) is 22.6. The quantitative estimate of drug-likeness (QED) is 0.882. The lowest BCUT2D eigenvalue weighted by molar-refractivity contribution is -0.135. The van der Waals surface area contributed by atoms with Crippen molar-refractivity contribution in [2.75, 3.05) is 7.11 Å². The first-order valence-corrected chi connectivity index (χ1v) is 8.53. The molecule has 1 fully saturated rings. The summed E-state index contributed by atoms with van der Waals surface area (Å²) in [5.41, 5.74) is 0.0476. The molecule has 3 heteroatoms. The molecule has 0 aromatic carbocycles. The molecule has 20 heavy (non-hydrogen) atoms. The minimum atomic E-state index is -0.396. The standard InChI is InChI=1S/C17H28O2S/c1-5-13-6-7-14(20-13)12-15(18)17(19-4)10-8-16(2,3)9-11-17/h6-7,15,18H,5,8-12H2,1-4H3. The molecule has 0 amide bonds. The monoisotopic (exact) mass is 296 g/mol. The van der Waals surface area contributed by atoms with E-state index in [1.807, 2.05) is 11.3 Å². The van der Waals surface area contributed by atoms with Crippen LogP contribution in [0, 0.1) is 5.41 Å². The Labute approximate surface area is 127 Å². The van der Waals surface area contributed by atoms with E-state index in [1.54, 1.807) is 7.11 Å². The molecule has 0 radical (unpaired) electrons. The summed E-state index contributed by atoms with van der Waals surface area (Å²) < 4.78 is 5.79. The largest absolute Gasteiger partial charge is 0.390 e. The maximum Gasteiger partial charge on any atom is 0.0940 e. The van der Waals surface area contributed by atoms with Gasteiger partial charge in [0.25, 0.3) is 0 Å². The molecule has 1 unspecified atom stereocenters. The van der Waals surface area contributed by atoms with Gasteiger partial charge in [0.2, 0.25) is 0 Å². The molecule has 1 aliphatic carbocycles. The third-order valence-corrected chi connectivity index (χ3v) is 6.18. The molecule has 0 bridgehead atoms. The first-order valence-electron chi connectivity index (χ1n) is 7.71. The van der Waals surface area contributed by atoms with Gasteiger partial charge in [0, 0.05) is 23.3 Å². The highest BCUT2D eigenvalue weighted by Gasteiger charge is 2.43. The zero-order valence-corrected chi connectivity index (χ0v) is 14.1. The predicted molar refractivity (Wildman–Crippen MR) is 85.4 cm³/mol. The second-order valence-corrected chi connectivity index (χ2v) is 8.13. The van der Waals surface area contributed by atoms with Gasteiger partial charge in [-0.3, -0.25) is 0 Å². The minimum Gasteiger partial charge on any atom is -0.390 e. The zero-order chi connectivity index (χ0) is 14.8. The summed E-state index contributed by atoms with van der Waals surface area (Å²) in [6.45, 7) is 6.80. The van der Waals surface area contributed by atoms with E-state index in [-0.39, 0.29) is 5.60 Å². The summed E-state index contributed by atoms with van der Waals surface area (Å²) >= 11 is 1.82. The fraction of sp³-hybridized carbons (Fsp3) is 0.765. The Bertz CT molecular complexity index is 426. The lowest BCUT2D eigenvalue weighted by Gasteiger charge is -2.45. The molecule has 1 aromatic rings. The van der Waals surface area contributed by atoms with Gasteiger partial charge in [-0.2, -0.15) is 0 Å². The minimum absolute atomic E-state index is 0.341. The number of hydrogen-bond acceptors (Lipinski definition) is 3. The Morgan fingerprint density at radius 1 is 1.20 bits per heavy atom. The summed E-state index contributed by atoms with van der Waals surface area (Å²) in [6, 6.07) is 4.33. The molecule has 1 aromatic heterocycles. The van der Waals surface area contributed by atoms with Gasteiger partial charge in [-0.15, -0.1) is 11.3 Å². The predicted octanol–water partition coefficient (Wildman–Crippen LogP) is 4.20. The topological polar surface area (TPSA) is 29.5 Å². The van der Waals surface area contributed by atoms with Gasteiger partial charge in [-0.05, 0) is 49.7 Å². The van der Waals surface area contributed by atoms with Crippen LogP contribution in [0.25, 0.3) is 0 Å². The fourth-order valence-electron chi connectivity index (χ4n) is 3.12. The lowest BCUT2D eigenvalue weighted by Crippen LogP contribution is -2.49. The van der Waals surface area contributed by atoms with E-state index in [1.165, 1.54) is 9.75 Å². The number of aliphatic hydroxyl groups is 1. The fourth-order valence-corrected chi connectivity index (χ4v) is 4.12. The van der Waals surface area contributed by atoms with Crippen LogP contribution in [0.4, 0.5) is 0 Å². The number of thiophene rings is 1. The third-order valence-electron chi connectivity index (χ3n) is 4.92. The van der Waals surface area contributed by atoms with Gasteiger partial charge in [0.05, 0.1) is 11.7 Å². The van der Waals surface area contributed by atoms with Crippen molar-refractivity contribution < 1.29 is 9.84 Å². The average molecular weight is 296 g/mol. The first-order chi connectivity index (χ1) is 9.41. The van der Waals surface area contributed by atoms with Crippen LogP contribution in [0.3, 0.4) is 0 Å². The maximum atomic E-state index is 10.7. The number of aryl methyl sites for hydroxylation is 1. The van der Waals surface area contributed by atoms with Gasteiger partial charge in [0.15, 0.2) is 0 Å². The summed E-state index contributed by atoms with van der Waals surface area (Å²) in [7, 11) is 1.76. The van der Waals surface area contributed by atoms with Crippen LogP contribution in [0.15, 0.2) is 12.1 Å². The van der Waals surface area contributed by atoms with Gasteiger partial charge in [-0.1, -0.05) is 20.8 Å². The number of rotatable bonds is 5. The van der Waals surface area contributed by atoms with Gasteiger partial charge >= 0.3 is 0 Å². The molecule has 1 aliphatic rings. The van der Waals surface area contributed by atoms with E-state index >= 15 is 0 Å². The van der Waals surface area contributed by atoms with Gasteiger partial charge in [-0.25, -0.2) is 0 Å². The Kier molecular flexibility index (Phi) is 4.93. The summed E-state index contributed by atoms with van der Waals surface area (Å²) in [6.07, 6.45) is 5.58.